The van der Waals surface area contributed by atoms with Gasteiger partial charge in [0.15, 0.2) is 0 Å². The van der Waals surface area contributed by atoms with Crippen LogP contribution >= 0.6 is 23.2 Å². The lowest BCUT2D eigenvalue weighted by molar-refractivity contribution is 0.0958. The van der Waals surface area contributed by atoms with E-state index in [4.69, 9.17) is 23.2 Å². The highest BCUT2D eigenvalue weighted by Gasteiger charge is 2.26. The van der Waals surface area contributed by atoms with E-state index in [1.54, 1.807) is 12.1 Å². The lowest BCUT2D eigenvalue weighted by atomic mass is 10.1. The first kappa shape index (κ1) is 8.85. The molecule has 0 aliphatic carbocycles. The maximum absolute atomic E-state index is 11.3. The third-order valence-corrected chi connectivity index (χ3v) is 2.87. The highest BCUT2D eigenvalue weighted by Crippen LogP contribution is 2.32. The molecule has 0 aromatic heterocycles. The largest absolute Gasteiger partial charge is 0.345 e. The Balaban J connectivity index is 2.65. The van der Waals surface area contributed by atoms with Crippen LogP contribution in [-0.4, -0.2) is 5.91 Å². The monoisotopic (exact) mass is 215 g/mol. The fourth-order valence-electron chi connectivity index (χ4n) is 1.47. The molecular weight excluding hydrogens is 209 g/mol. The van der Waals surface area contributed by atoms with Gasteiger partial charge < -0.3 is 5.32 Å². The second kappa shape index (κ2) is 2.89. The molecule has 0 bridgehead atoms. The standard InChI is InChI=1S/C9H7Cl2NO/c1-4-5-2-7(10)8(11)3-6(5)9(13)12-4/h2-4H,1H3,(H,12,13)/t4-/m0/s1. The van der Waals surface area contributed by atoms with E-state index in [1.165, 1.54) is 0 Å². The van der Waals surface area contributed by atoms with Gasteiger partial charge in [-0.2, -0.15) is 0 Å². The van der Waals surface area contributed by atoms with Crippen LogP contribution in [0, 0.1) is 0 Å². The van der Waals surface area contributed by atoms with Crippen molar-refractivity contribution in [2.75, 3.05) is 0 Å². The molecule has 0 saturated heterocycles. The van der Waals surface area contributed by atoms with Crippen molar-refractivity contribution in [3.8, 4) is 0 Å². The average molecular weight is 216 g/mol. The Bertz CT molecular complexity index is 389. The zero-order valence-corrected chi connectivity index (χ0v) is 8.41. The summed E-state index contributed by atoms with van der Waals surface area (Å²) >= 11 is 11.6. The Hall–Kier alpha value is -0.730. The quantitative estimate of drug-likeness (QED) is 0.709. The summed E-state index contributed by atoms with van der Waals surface area (Å²) in [6, 6.07) is 3.37. The van der Waals surface area contributed by atoms with E-state index in [-0.39, 0.29) is 11.9 Å². The number of carbonyl (C=O) groups is 1. The first-order valence-corrected chi connectivity index (χ1v) is 4.65. The van der Waals surface area contributed by atoms with Gasteiger partial charge in [0.05, 0.1) is 16.1 Å². The Labute approximate surface area is 85.8 Å². The summed E-state index contributed by atoms with van der Waals surface area (Å²) in [5.74, 6) is -0.0823. The molecule has 1 amide bonds. The molecule has 2 nitrogen and oxygen atoms in total. The number of hydrogen-bond acceptors (Lipinski definition) is 1. The first-order valence-electron chi connectivity index (χ1n) is 3.89. The minimum absolute atomic E-state index is 0.0252. The Morgan fingerprint density at radius 1 is 1.31 bits per heavy atom. The van der Waals surface area contributed by atoms with Crippen LogP contribution in [0.4, 0.5) is 0 Å². The third-order valence-electron chi connectivity index (χ3n) is 2.15. The zero-order valence-electron chi connectivity index (χ0n) is 6.90. The van der Waals surface area contributed by atoms with Crippen molar-refractivity contribution in [3.05, 3.63) is 33.3 Å². The van der Waals surface area contributed by atoms with E-state index in [1.807, 2.05) is 6.92 Å². The predicted octanol–water partition coefficient (Wildman–Crippen LogP) is 2.80. The lowest BCUT2D eigenvalue weighted by Gasteiger charge is -2.03. The van der Waals surface area contributed by atoms with Crippen molar-refractivity contribution in [1.82, 2.24) is 5.32 Å². The molecule has 0 spiro atoms. The summed E-state index contributed by atoms with van der Waals surface area (Å²) in [4.78, 5) is 11.3. The van der Waals surface area contributed by atoms with Gasteiger partial charge in [-0.3, -0.25) is 4.79 Å². The van der Waals surface area contributed by atoms with Gasteiger partial charge in [0.25, 0.3) is 5.91 Å². The minimum Gasteiger partial charge on any atom is -0.345 e. The van der Waals surface area contributed by atoms with Gasteiger partial charge in [0.1, 0.15) is 0 Å². The smallest absolute Gasteiger partial charge is 0.252 e. The van der Waals surface area contributed by atoms with E-state index in [0.29, 0.717) is 15.6 Å². The second-order valence-corrected chi connectivity index (χ2v) is 3.86. The maximum Gasteiger partial charge on any atom is 0.252 e. The highest BCUT2D eigenvalue weighted by atomic mass is 35.5. The topological polar surface area (TPSA) is 29.1 Å². The van der Waals surface area contributed by atoms with E-state index < -0.39 is 0 Å². The summed E-state index contributed by atoms with van der Waals surface area (Å²) < 4.78 is 0. The molecular formula is C9H7Cl2NO. The van der Waals surface area contributed by atoms with Gasteiger partial charge in [-0.05, 0) is 24.6 Å². The summed E-state index contributed by atoms with van der Waals surface area (Å²) in [5, 5.41) is 3.69. The van der Waals surface area contributed by atoms with Gasteiger partial charge in [0, 0.05) is 5.56 Å². The van der Waals surface area contributed by atoms with Crippen molar-refractivity contribution in [3.63, 3.8) is 0 Å². The van der Waals surface area contributed by atoms with E-state index in [2.05, 4.69) is 5.32 Å². The number of halogens is 2. The summed E-state index contributed by atoms with van der Waals surface area (Å²) in [6.45, 7) is 1.91. The van der Waals surface area contributed by atoms with Gasteiger partial charge in [-0.25, -0.2) is 0 Å². The van der Waals surface area contributed by atoms with Crippen molar-refractivity contribution in [1.29, 1.82) is 0 Å². The molecule has 0 fully saturated rings. The lowest BCUT2D eigenvalue weighted by Crippen LogP contribution is -2.16. The number of fused-ring (bicyclic) bond motifs is 1. The van der Waals surface area contributed by atoms with Gasteiger partial charge in [0.2, 0.25) is 0 Å². The number of carbonyl (C=O) groups excluding carboxylic acids is 1. The molecule has 1 atom stereocenters. The molecule has 1 N–H and O–H groups in total. The number of rotatable bonds is 0. The number of benzene rings is 1. The van der Waals surface area contributed by atoms with Crippen LogP contribution in [-0.2, 0) is 0 Å². The van der Waals surface area contributed by atoms with Crippen LogP contribution in [0.5, 0.6) is 0 Å². The van der Waals surface area contributed by atoms with E-state index >= 15 is 0 Å². The van der Waals surface area contributed by atoms with Gasteiger partial charge >= 0.3 is 0 Å². The SMILES string of the molecule is C[C@@H]1NC(=O)c2cc(Cl)c(Cl)cc21. The van der Waals surface area contributed by atoms with Crippen LogP contribution < -0.4 is 5.32 Å². The third kappa shape index (κ3) is 1.30. The fourth-order valence-corrected chi connectivity index (χ4v) is 1.81. The van der Waals surface area contributed by atoms with Gasteiger partial charge in [-0.15, -0.1) is 0 Å². The van der Waals surface area contributed by atoms with Crippen molar-refractivity contribution in [2.24, 2.45) is 0 Å². The predicted molar refractivity (Wildman–Crippen MR) is 52.3 cm³/mol. The van der Waals surface area contributed by atoms with Crippen LogP contribution in [0.15, 0.2) is 12.1 Å². The molecule has 68 valence electrons. The fraction of sp³-hybridized carbons (Fsp3) is 0.222. The molecule has 1 aliphatic rings. The molecule has 1 heterocycles. The minimum atomic E-state index is -0.0823. The first-order chi connectivity index (χ1) is 6.09. The van der Waals surface area contributed by atoms with Crippen molar-refractivity contribution < 1.29 is 4.79 Å². The Morgan fingerprint density at radius 3 is 2.62 bits per heavy atom. The zero-order chi connectivity index (χ0) is 9.59. The normalized spacial score (nSPS) is 19.9. The molecule has 4 heteroatoms. The molecule has 0 radical (unpaired) electrons. The van der Waals surface area contributed by atoms with Crippen LogP contribution in [0.25, 0.3) is 0 Å². The summed E-state index contributed by atoms with van der Waals surface area (Å²) in [7, 11) is 0. The molecule has 1 aromatic rings. The van der Waals surface area contributed by atoms with Crippen molar-refractivity contribution >= 4 is 29.1 Å². The van der Waals surface area contributed by atoms with E-state index in [9.17, 15) is 4.79 Å². The molecule has 1 aromatic carbocycles. The number of nitrogens with one attached hydrogen (secondary N) is 1. The molecule has 1 aliphatic heterocycles. The van der Waals surface area contributed by atoms with Crippen LogP contribution in [0.2, 0.25) is 10.0 Å². The number of amides is 1. The molecule has 2 rings (SSSR count). The molecule has 0 unspecified atom stereocenters. The van der Waals surface area contributed by atoms with Gasteiger partial charge in [-0.1, -0.05) is 23.2 Å². The molecule has 0 saturated carbocycles. The van der Waals surface area contributed by atoms with Crippen LogP contribution in [0.1, 0.15) is 28.9 Å². The average Bonchev–Trinajstić information content (AvgIpc) is 2.31. The van der Waals surface area contributed by atoms with Crippen molar-refractivity contribution in [2.45, 2.75) is 13.0 Å². The van der Waals surface area contributed by atoms with E-state index in [0.717, 1.165) is 5.56 Å². The molecule has 13 heavy (non-hydrogen) atoms. The Morgan fingerprint density at radius 2 is 1.92 bits per heavy atom. The summed E-state index contributed by atoms with van der Waals surface area (Å²) in [6.07, 6.45) is 0. The van der Waals surface area contributed by atoms with Crippen LogP contribution in [0.3, 0.4) is 0 Å². The highest BCUT2D eigenvalue weighted by molar-refractivity contribution is 6.42. The second-order valence-electron chi connectivity index (χ2n) is 3.05. The number of hydrogen-bond donors (Lipinski definition) is 1. The summed E-state index contributed by atoms with van der Waals surface area (Å²) in [5.41, 5.74) is 1.54. The Kier molecular flexibility index (Phi) is 1.97. The maximum atomic E-state index is 11.3.